The van der Waals surface area contributed by atoms with Crippen molar-refractivity contribution in [2.24, 2.45) is 0 Å². The maximum Gasteiger partial charge on any atom is 0.325 e. The van der Waals surface area contributed by atoms with E-state index in [9.17, 15) is 14.4 Å². The lowest BCUT2D eigenvalue weighted by atomic mass is 10.0. The molecule has 0 bridgehead atoms. The summed E-state index contributed by atoms with van der Waals surface area (Å²) < 4.78 is 4.47. The van der Waals surface area contributed by atoms with E-state index in [0.717, 1.165) is 22.3 Å². The number of aryl methyl sites for hydroxylation is 2. The molecule has 0 atom stereocenters. The van der Waals surface area contributed by atoms with Crippen LogP contribution in [0.25, 0.3) is 0 Å². The van der Waals surface area contributed by atoms with Crippen molar-refractivity contribution in [2.45, 2.75) is 26.7 Å². The Labute approximate surface area is 158 Å². The first kappa shape index (κ1) is 20.2. The Bertz CT molecular complexity index is 829. The lowest BCUT2D eigenvalue weighted by molar-refractivity contribution is -0.141. The maximum absolute atomic E-state index is 12.3. The van der Waals surface area contributed by atoms with Gasteiger partial charge in [0.1, 0.15) is 6.54 Å². The van der Waals surface area contributed by atoms with Gasteiger partial charge in [-0.3, -0.25) is 14.4 Å². The Morgan fingerprint density at radius 2 is 1.63 bits per heavy atom. The zero-order chi connectivity index (χ0) is 19.8. The summed E-state index contributed by atoms with van der Waals surface area (Å²) in [6, 6.07) is 13.1. The SMILES string of the molecule is COC(=O)CNC(=O)Cc1ccc(NC(=O)Cc2cc(C)ccc2C)cc1. The number of hydrogen-bond donors (Lipinski definition) is 2. The van der Waals surface area contributed by atoms with Crippen molar-refractivity contribution in [3.05, 3.63) is 64.7 Å². The van der Waals surface area contributed by atoms with Crippen molar-refractivity contribution >= 4 is 23.5 Å². The fourth-order valence-corrected chi connectivity index (χ4v) is 2.57. The highest BCUT2D eigenvalue weighted by molar-refractivity contribution is 5.92. The summed E-state index contributed by atoms with van der Waals surface area (Å²) in [5.41, 5.74) is 4.67. The number of benzene rings is 2. The lowest BCUT2D eigenvalue weighted by Crippen LogP contribution is -2.31. The van der Waals surface area contributed by atoms with Crippen molar-refractivity contribution < 1.29 is 19.1 Å². The third-order valence-corrected chi connectivity index (χ3v) is 4.12. The predicted molar refractivity (Wildman–Crippen MR) is 103 cm³/mol. The minimum Gasteiger partial charge on any atom is -0.468 e. The van der Waals surface area contributed by atoms with E-state index in [1.807, 2.05) is 32.0 Å². The fourth-order valence-electron chi connectivity index (χ4n) is 2.57. The second kappa shape index (κ2) is 9.52. The van der Waals surface area contributed by atoms with E-state index < -0.39 is 5.97 Å². The van der Waals surface area contributed by atoms with E-state index in [4.69, 9.17) is 0 Å². The zero-order valence-corrected chi connectivity index (χ0v) is 15.8. The molecule has 0 saturated heterocycles. The molecule has 0 aliphatic carbocycles. The lowest BCUT2D eigenvalue weighted by Gasteiger charge is -2.09. The summed E-state index contributed by atoms with van der Waals surface area (Å²) in [4.78, 5) is 35.0. The summed E-state index contributed by atoms with van der Waals surface area (Å²) in [7, 11) is 1.27. The Morgan fingerprint density at radius 3 is 2.30 bits per heavy atom. The Morgan fingerprint density at radius 1 is 0.926 bits per heavy atom. The monoisotopic (exact) mass is 368 g/mol. The van der Waals surface area contributed by atoms with Gasteiger partial charge in [-0.1, -0.05) is 35.9 Å². The van der Waals surface area contributed by atoms with Crippen LogP contribution in [0.3, 0.4) is 0 Å². The van der Waals surface area contributed by atoms with Gasteiger partial charge in [0.15, 0.2) is 0 Å². The first-order valence-electron chi connectivity index (χ1n) is 8.66. The summed E-state index contributed by atoms with van der Waals surface area (Å²) in [6.07, 6.45) is 0.457. The van der Waals surface area contributed by atoms with E-state index in [1.165, 1.54) is 7.11 Å². The summed E-state index contributed by atoms with van der Waals surface area (Å²) in [6.45, 7) is 3.84. The third kappa shape index (κ3) is 6.58. The molecule has 0 saturated carbocycles. The molecule has 0 fully saturated rings. The van der Waals surface area contributed by atoms with E-state index in [-0.39, 0.29) is 24.8 Å². The van der Waals surface area contributed by atoms with Crippen LogP contribution in [0, 0.1) is 13.8 Å². The van der Waals surface area contributed by atoms with Crippen LogP contribution in [0.2, 0.25) is 0 Å². The molecule has 6 nitrogen and oxygen atoms in total. The van der Waals surface area contributed by atoms with Gasteiger partial charge in [0.25, 0.3) is 0 Å². The minimum absolute atomic E-state index is 0.0905. The number of nitrogens with one attached hydrogen (secondary N) is 2. The third-order valence-electron chi connectivity index (χ3n) is 4.12. The van der Waals surface area contributed by atoms with Gasteiger partial charge in [-0.15, -0.1) is 0 Å². The van der Waals surface area contributed by atoms with Crippen LogP contribution in [0.5, 0.6) is 0 Å². The molecule has 0 unspecified atom stereocenters. The quantitative estimate of drug-likeness (QED) is 0.735. The normalized spacial score (nSPS) is 10.2. The highest BCUT2D eigenvalue weighted by Crippen LogP contribution is 2.14. The number of rotatable bonds is 7. The van der Waals surface area contributed by atoms with Gasteiger partial charge in [-0.25, -0.2) is 0 Å². The van der Waals surface area contributed by atoms with Gasteiger partial charge in [0, 0.05) is 5.69 Å². The standard InChI is InChI=1S/C21H24N2O4/c1-14-4-5-15(2)17(10-14)12-20(25)23-18-8-6-16(7-9-18)11-19(24)22-13-21(26)27-3/h4-10H,11-13H2,1-3H3,(H,22,24)(H,23,25). The van der Waals surface area contributed by atoms with Crippen molar-refractivity contribution in [2.75, 3.05) is 19.0 Å². The summed E-state index contributed by atoms with van der Waals surface area (Å²) in [5.74, 6) is -0.857. The number of ether oxygens (including phenoxy) is 1. The average molecular weight is 368 g/mol. The van der Waals surface area contributed by atoms with Crippen LogP contribution < -0.4 is 10.6 Å². The zero-order valence-electron chi connectivity index (χ0n) is 15.8. The smallest absolute Gasteiger partial charge is 0.325 e. The molecule has 0 aliphatic rings. The molecule has 142 valence electrons. The molecular formula is C21H24N2O4. The molecule has 2 aromatic carbocycles. The van der Waals surface area contributed by atoms with Gasteiger partial charge in [-0.2, -0.15) is 0 Å². The van der Waals surface area contributed by atoms with Crippen LogP contribution in [0.4, 0.5) is 5.69 Å². The first-order chi connectivity index (χ1) is 12.9. The summed E-state index contributed by atoms with van der Waals surface area (Å²) >= 11 is 0. The number of hydrogen-bond acceptors (Lipinski definition) is 4. The number of anilines is 1. The predicted octanol–water partition coefficient (Wildman–Crippen LogP) is 2.32. The topological polar surface area (TPSA) is 84.5 Å². The van der Waals surface area contributed by atoms with Gasteiger partial charge in [0.05, 0.1) is 20.0 Å². The average Bonchev–Trinajstić information content (AvgIpc) is 2.64. The molecule has 27 heavy (non-hydrogen) atoms. The van der Waals surface area contributed by atoms with Crippen LogP contribution in [-0.2, 0) is 32.0 Å². The van der Waals surface area contributed by atoms with Crippen molar-refractivity contribution in [1.29, 1.82) is 0 Å². The number of methoxy groups -OCH3 is 1. The summed E-state index contributed by atoms with van der Waals surface area (Å²) in [5, 5.41) is 5.35. The molecule has 0 heterocycles. The Kier molecular flexibility index (Phi) is 7.11. The minimum atomic E-state index is -0.495. The van der Waals surface area contributed by atoms with Crippen molar-refractivity contribution in [3.8, 4) is 0 Å². The maximum atomic E-state index is 12.3. The van der Waals surface area contributed by atoms with Crippen LogP contribution in [-0.4, -0.2) is 31.4 Å². The first-order valence-corrected chi connectivity index (χ1v) is 8.66. The molecule has 0 radical (unpaired) electrons. The van der Waals surface area contributed by atoms with Crippen LogP contribution in [0.15, 0.2) is 42.5 Å². The van der Waals surface area contributed by atoms with Crippen LogP contribution in [0.1, 0.15) is 22.3 Å². The number of carbonyl (C=O) groups is 3. The molecule has 0 aliphatic heterocycles. The molecule has 0 spiro atoms. The van der Waals surface area contributed by atoms with Crippen molar-refractivity contribution in [3.63, 3.8) is 0 Å². The highest BCUT2D eigenvalue weighted by atomic mass is 16.5. The molecular weight excluding hydrogens is 344 g/mol. The molecule has 2 amide bonds. The molecule has 0 aromatic heterocycles. The van der Waals surface area contributed by atoms with Gasteiger partial charge in [0.2, 0.25) is 11.8 Å². The molecule has 2 aromatic rings. The van der Waals surface area contributed by atoms with Crippen LogP contribution >= 0.6 is 0 Å². The molecule has 2 rings (SSSR count). The van der Waals surface area contributed by atoms with Gasteiger partial charge >= 0.3 is 5.97 Å². The number of amides is 2. The number of esters is 1. The van der Waals surface area contributed by atoms with Gasteiger partial charge in [-0.05, 0) is 42.7 Å². The fraction of sp³-hybridized carbons (Fsp3) is 0.286. The Balaban J connectivity index is 1.87. The van der Waals surface area contributed by atoms with E-state index in [0.29, 0.717) is 12.1 Å². The van der Waals surface area contributed by atoms with Gasteiger partial charge < -0.3 is 15.4 Å². The van der Waals surface area contributed by atoms with E-state index in [2.05, 4.69) is 15.4 Å². The molecule has 2 N–H and O–H groups in total. The second-order valence-electron chi connectivity index (χ2n) is 6.38. The van der Waals surface area contributed by atoms with E-state index in [1.54, 1.807) is 24.3 Å². The second-order valence-corrected chi connectivity index (χ2v) is 6.38. The largest absolute Gasteiger partial charge is 0.468 e. The Hall–Kier alpha value is -3.15. The van der Waals surface area contributed by atoms with E-state index >= 15 is 0 Å². The molecule has 6 heteroatoms. The van der Waals surface area contributed by atoms with Crippen molar-refractivity contribution in [1.82, 2.24) is 5.32 Å². The highest BCUT2D eigenvalue weighted by Gasteiger charge is 2.09. The number of carbonyl (C=O) groups excluding carboxylic acids is 3.